The number of aromatic nitrogens is 3. The van der Waals surface area contributed by atoms with Crippen molar-refractivity contribution in [3.05, 3.63) is 152 Å². The fraction of sp³-hybridized carbons (Fsp3) is 0. The Kier molecular flexibility index (Phi) is 5.80. The molecule has 0 radical (unpaired) electrons. The quantitative estimate of drug-likeness (QED) is 0.178. The molecule has 0 atom stereocenters. The van der Waals surface area contributed by atoms with Gasteiger partial charge in [-0.3, -0.25) is 0 Å². The van der Waals surface area contributed by atoms with Gasteiger partial charge in [-0.1, -0.05) is 127 Å². The van der Waals surface area contributed by atoms with Crippen LogP contribution in [0.1, 0.15) is 0 Å². The third-order valence-electron chi connectivity index (χ3n) is 9.89. The van der Waals surface area contributed by atoms with Crippen molar-refractivity contribution in [3.8, 4) is 34.2 Å². The molecule has 11 aromatic rings. The van der Waals surface area contributed by atoms with E-state index in [1.165, 1.54) is 47.1 Å². The van der Waals surface area contributed by atoms with E-state index in [9.17, 15) is 0 Å². The molecule has 4 nitrogen and oxygen atoms in total. The van der Waals surface area contributed by atoms with Gasteiger partial charge in [-0.2, -0.15) is 0 Å². The molecule has 232 valence electrons. The van der Waals surface area contributed by atoms with E-state index in [1.54, 1.807) is 0 Å². The topological polar surface area (TPSA) is 51.8 Å². The lowest BCUT2D eigenvalue weighted by molar-refractivity contribution is 0.669. The molecule has 11 rings (SSSR count). The maximum absolute atomic E-state index is 6.23. The molecule has 0 N–H and O–H groups in total. The predicted octanol–water partition coefficient (Wildman–Crippen LogP) is 12.6. The highest BCUT2D eigenvalue weighted by Gasteiger charge is 2.19. The van der Waals surface area contributed by atoms with Gasteiger partial charge in [0.25, 0.3) is 0 Å². The maximum Gasteiger partial charge on any atom is 0.164 e. The van der Waals surface area contributed by atoms with Gasteiger partial charge in [-0.15, -0.1) is 11.3 Å². The van der Waals surface area contributed by atoms with Gasteiger partial charge in [0, 0.05) is 53.0 Å². The minimum absolute atomic E-state index is 0.614. The molecule has 0 amide bonds. The molecule has 0 saturated heterocycles. The predicted molar refractivity (Wildman–Crippen MR) is 209 cm³/mol. The van der Waals surface area contributed by atoms with E-state index in [4.69, 9.17) is 19.4 Å². The van der Waals surface area contributed by atoms with Crippen molar-refractivity contribution in [3.63, 3.8) is 0 Å². The first kappa shape index (κ1) is 27.5. The van der Waals surface area contributed by atoms with Crippen molar-refractivity contribution in [2.24, 2.45) is 0 Å². The van der Waals surface area contributed by atoms with E-state index in [1.807, 2.05) is 72.0 Å². The Morgan fingerprint density at radius 2 is 1.06 bits per heavy atom. The Bertz CT molecular complexity index is 3160. The molecule has 0 aliphatic carbocycles. The third kappa shape index (κ3) is 4.08. The highest BCUT2D eigenvalue weighted by molar-refractivity contribution is 7.26. The monoisotopic (exact) mass is 655 g/mol. The second kappa shape index (κ2) is 10.5. The highest BCUT2D eigenvalue weighted by Crippen LogP contribution is 2.43. The maximum atomic E-state index is 6.23. The van der Waals surface area contributed by atoms with Crippen LogP contribution in [0.3, 0.4) is 0 Å². The molecule has 0 bridgehead atoms. The lowest BCUT2D eigenvalue weighted by Crippen LogP contribution is -2.00. The van der Waals surface area contributed by atoms with Crippen molar-refractivity contribution in [2.45, 2.75) is 0 Å². The number of hydrogen-bond acceptors (Lipinski definition) is 5. The zero-order valence-electron chi connectivity index (χ0n) is 26.6. The molecular formula is C45H25N3OS. The number of rotatable bonds is 3. The zero-order valence-corrected chi connectivity index (χ0v) is 27.4. The summed E-state index contributed by atoms with van der Waals surface area (Å²) >= 11 is 1.88. The second-order valence-electron chi connectivity index (χ2n) is 12.8. The van der Waals surface area contributed by atoms with Crippen LogP contribution in [0.15, 0.2) is 156 Å². The van der Waals surface area contributed by atoms with Crippen molar-refractivity contribution >= 4 is 85.8 Å². The summed E-state index contributed by atoms with van der Waals surface area (Å²) < 4.78 is 8.88. The van der Waals surface area contributed by atoms with Crippen LogP contribution in [0.2, 0.25) is 0 Å². The SMILES string of the molecule is c1ccc(-c2nc(-c3ccc4c(ccc5ccc6ccc7c8ccccc8sc7c6c54)c3)nc(-c3cccc4oc5ccccc5c34)n2)cc1. The molecule has 0 unspecified atom stereocenters. The Morgan fingerprint density at radius 1 is 0.400 bits per heavy atom. The molecule has 50 heavy (non-hydrogen) atoms. The minimum Gasteiger partial charge on any atom is -0.456 e. The first-order chi connectivity index (χ1) is 24.8. The number of furan rings is 1. The smallest absolute Gasteiger partial charge is 0.164 e. The number of para-hydroxylation sites is 1. The lowest BCUT2D eigenvalue weighted by atomic mass is 9.94. The first-order valence-electron chi connectivity index (χ1n) is 16.7. The van der Waals surface area contributed by atoms with Crippen LogP contribution < -0.4 is 0 Å². The highest BCUT2D eigenvalue weighted by atomic mass is 32.1. The molecule has 0 fully saturated rings. The number of hydrogen-bond donors (Lipinski definition) is 0. The molecular weight excluding hydrogens is 631 g/mol. The van der Waals surface area contributed by atoms with Gasteiger partial charge in [0.05, 0.1) is 0 Å². The van der Waals surface area contributed by atoms with Gasteiger partial charge in [0.15, 0.2) is 17.5 Å². The molecule has 5 heteroatoms. The van der Waals surface area contributed by atoms with Crippen LogP contribution >= 0.6 is 11.3 Å². The van der Waals surface area contributed by atoms with E-state index >= 15 is 0 Å². The summed E-state index contributed by atoms with van der Waals surface area (Å²) in [5.41, 5.74) is 4.44. The number of thiophene rings is 1. The van der Waals surface area contributed by atoms with Gasteiger partial charge < -0.3 is 4.42 Å². The van der Waals surface area contributed by atoms with Crippen LogP contribution in [0.5, 0.6) is 0 Å². The summed E-state index contributed by atoms with van der Waals surface area (Å²) in [6.07, 6.45) is 0. The van der Waals surface area contributed by atoms with Gasteiger partial charge in [-0.25, -0.2) is 15.0 Å². The van der Waals surface area contributed by atoms with Crippen LogP contribution in [0.25, 0.3) is 109 Å². The standard InChI is InChI=1S/C45H25N3OS/c1-2-9-28(10-3-1)43-46-44(48-45(47-43)35-13-8-15-37-41(35)34-12-4-6-14-36(34)49-37)30-22-23-31-29(25-30)20-19-26-17-18-27-21-24-33-32-11-5-7-16-38(32)50-42(33)40(27)39(26)31/h1-25H. The van der Waals surface area contributed by atoms with Gasteiger partial charge in [-0.05, 0) is 51.2 Å². The number of nitrogens with zero attached hydrogens (tertiary/aromatic N) is 3. The summed E-state index contributed by atoms with van der Waals surface area (Å²) in [4.78, 5) is 15.3. The summed E-state index contributed by atoms with van der Waals surface area (Å²) in [5, 5.41) is 12.1. The molecule has 0 saturated carbocycles. The Morgan fingerprint density at radius 3 is 1.94 bits per heavy atom. The summed E-state index contributed by atoms with van der Waals surface area (Å²) in [5.74, 6) is 1.88. The summed E-state index contributed by atoms with van der Waals surface area (Å²) in [6, 6.07) is 53.2. The molecule has 3 heterocycles. The van der Waals surface area contributed by atoms with Crippen LogP contribution in [0, 0.1) is 0 Å². The zero-order chi connectivity index (χ0) is 32.8. The van der Waals surface area contributed by atoms with E-state index in [-0.39, 0.29) is 0 Å². The number of fused-ring (bicyclic) bond motifs is 12. The first-order valence-corrected chi connectivity index (χ1v) is 17.5. The average Bonchev–Trinajstić information content (AvgIpc) is 3.76. The Hall–Kier alpha value is -6.43. The Labute approximate surface area is 289 Å². The summed E-state index contributed by atoms with van der Waals surface area (Å²) in [6.45, 7) is 0. The Balaban J connectivity index is 1.16. The van der Waals surface area contributed by atoms with E-state index < -0.39 is 0 Å². The largest absolute Gasteiger partial charge is 0.456 e. The minimum atomic E-state index is 0.614. The van der Waals surface area contributed by atoms with Crippen molar-refractivity contribution in [1.82, 2.24) is 15.0 Å². The second-order valence-corrected chi connectivity index (χ2v) is 13.8. The third-order valence-corrected chi connectivity index (χ3v) is 11.1. The van der Waals surface area contributed by atoms with Crippen molar-refractivity contribution in [2.75, 3.05) is 0 Å². The van der Waals surface area contributed by atoms with Gasteiger partial charge in [0.2, 0.25) is 0 Å². The van der Waals surface area contributed by atoms with Crippen LogP contribution in [-0.4, -0.2) is 15.0 Å². The lowest BCUT2D eigenvalue weighted by Gasteiger charge is -2.12. The molecule has 0 aliphatic heterocycles. The molecule has 0 aliphatic rings. The fourth-order valence-corrected chi connectivity index (χ4v) is 8.85. The van der Waals surface area contributed by atoms with Gasteiger partial charge in [0.1, 0.15) is 11.2 Å². The molecule has 0 spiro atoms. The van der Waals surface area contributed by atoms with Crippen molar-refractivity contribution in [1.29, 1.82) is 0 Å². The fourth-order valence-electron chi connectivity index (χ4n) is 7.59. The summed E-state index contributed by atoms with van der Waals surface area (Å²) in [7, 11) is 0. The van der Waals surface area contributed by atoms with E-state index in [0.717, 1.165) is 44.0 Å². The van der Waals surface area contributed by atoms with E-state index in [0.29, 0.717) is 17.5 Å². The normalized spacial score (nSPS) is 12.0. The molecule has 3 aromatic heterocycles. The average molecular weight is 656 g/mol. The van der Waals surface area contributed by atoms with Crippen molar-refractivity contribution < 1.29 is 4.42 Å². The number of benzene rings is 8. The van der Waals surface area contributed by atoms with E-state index in [2.05, 4.69) is 91.0 Å². The van der Waals surface area contributed by atoms with Crippen LogP contribution in [-0.2, 0) is 0 Å². The van der Waals surface area contributed by atoms with Gasteiger partial charge >= 0.3 is 0 Å². The van der Waals surface area contributed by atoms with Crippen LogP contribution in [0.4, 0.5) is 0 Å². The molecule has 8 aromatic carbocycles.